The average Bonchev–Trinajstić information content (AvgIpc) is 2.99. The molecule has 6 heteroatoms. The van der Waals surface area contributed by atoms with E-state index in [1.807, 2.05) is 13.0 Å². The second-order valence-corrected chi connectivity index (χ2v) is 4.57. The highest BCUT2D eigenvalue weighted by Crippen LogP contribution is 2.28. The number of aromatic nitrogens is 3. The quantitative estimate of drug-likeness (QED) is 0.808. The SMILES string of the molecule is Cc1ccncc1-c1noc(C2(O)CCNC2)n1. The predicted octanol–water partition coefficient (Wildman–Crippen LogP) is 0.621. The molecule has 0 radical (unpaired) electrons. The van der Waals surface area contributed by atoms with Crippen molar-refractivity contribution in [2.45, 2.75) is 18.9 Å². The van der Waals surface area contributed by atoms with E-state index in [1.54, 1.807) is 12.4 Å². The maximum absolute atomic E-state index is 10.3. The molecule has 0 aromatic carbocycles. The van der Waals surface area contributed by atoms with Crippen molar-refractivity contribution in [2.24, 2.45) is 0 Å². The summed E-state index contributed by atoms with van der Waals surface area (Å²) in [4.78, 5) is 8.34. The number of hydrogen-bond acceptors (Lipinski definition) is 6. The van der Waals surface area contributed by atoms with Crippen LogP contribution in [-0.2, 0) is 5.60 Å². The van der Waals surface area contributed by atoms with Crippen LogP contribution in [0.25, 0.3) is 11.4 Å². The van der Waals surface area contributed by atoms with Gasteiger partial charge in [-0.15, -0.1) is 0 Å². The monoisotopic (exact) mass is 246 g/mol. The van der Waals surface area contributed by atoms with Crippen molar-refractivity contribution >= 4 is 0 Å². The number of nitrogens with zero attached hydrogens (tertiary/aromatic N) is 3. The number of β-amino-alcohol motifs (C(OH)–C–C–N with tert-alkyl or cyclic N) is 1. The Bertz CT molecular complexity index is 561. The lowest BCUT2D eigenvalue weighted by atomic mass is 10.0. The van der Waals surface area contributed by atoms with Gasteiger partial charge in [-0.3, -0.25) is 4.98 Å². The molecule has 1 unspecified atom stereocenters. The van der Waals surface area contributed by atoms with Gasteiger partial charge < -0.3 is 14.9 Å². The Hall–Kier alpha value is -1.79. The van der Waals surface area contributed by atoms with Gasteiger partial charge in [-0.25, -0.2) is 0 Å². The number of rotatable bonds is 2. The minimum atomic E-state index is -1.04. The van der Waals surface area contributed by atoms with Crippen LogP contribution < -0.4 is 5.32 Å². The summed E-state index contributed by atoms with van der Waals surface area (Å²) in [5.41, 5.74) is 0.803. The summed E-state index contributed by atoms with van der Waals surface area (Å²) in [5.74, 6) is 0.738. The van der Waals surface area contributed by atoms with E-state index in [0.29, 0.717) is 18.8 Å². The smallest absolute Gasteiger partial charge is 0.260 e. The van der Waals surface area contributed by atoms with Gasteiger partial charge in [0.25, 0.3) is 5.89 Å². The fraction of sp³-hybridized carbons (Fsp3) is 0.417. The molecule has 94 valence electrons. The van der Waals surface area contributed by atoms with Crippen LogP contribution in [0.4, 0.5) is 0 Å². The first-order chi connectivity index (χ1) is 8.69. The van der Waals surface area contributed by atoms with E-state index in [0.717, 1.165) is 17.7 Å². The van der Waals surface area contributed by atoms with Crippen molar-refractivity contribution in [2.75, 3.05) is 13.1 Å². The first-order valence-electron chi connectivity index (χ1n) is 5.87. The minimum Gasteiger partial charge on any atom is -0.379 e. The molecule has 2 aromatic rings. The number of hydrogen-bond donors (Lipinski definition) is 2. The third kappa shape index (κ3) is 1.79. The lowest BCUT2D eigenvalue weighted by molar-refractivity contribution is 0.0243. The molecule has 0 bridgehead atoms. The molecular formula is C12H14N4O2. The second-order valence-electron chi connectivity index (χ2n) is 4.57. The topological polar surface area (TPSA) is 84.1 Å². The van der Waals surface area contributed by atoms with Gasteiger partial charge >= 0.3 is 0 Å². The number of nitrogens with one attached hydrogen (secondary N) is 1. The van der Waals surface area contributed by atoms with Crippen LogP contribution >= 0.6 is 0 Å². The van der Waals surface area contributed by atoms with Crippen LogP contribution in [0.15, 0.2) is 23.0 Å². The number of pyridine rings is 1. The fourth-order valence-electron chi connectivity index (χ4n) is 2.08. The van der Waals surface area contributed by atoms with Gasteiger partial charge in [-0.1, -0.05) is 5.16 Å². The highest BCUT2D eigenvalue weighted by Gasteiger charge is 2.38. The van der Waals surface area contributed by atoms with Crippen molar-refractivity contribution in [3.05, 3.63) is 29.9 Å². The van der Waals surface area contributed by atoms with Gasteiger partial charge in [0.15, 0.2) is 5.60 Å². The van der Waals surface area contributed by atoms with E-state index in [2.05, 4.69) is 20.4 Å². The van der Waals surface area contributed by atoms with Crippen LogP contribution in [-0.4, -0.2) is 33.3 Å². The molecule has 0 aliphatic carbocycles. The van der Waals surface area contributed by atoms with E-state index < -0.39 is 5.60 Å². The van der Waals surface area contributed by atoms with E-state index in [-0.39, 0.29) is 5.89 Å². The maximum Gasteiger partial charge on any atom is 0.260 e. The first-order valence-corrected chi connectivity index (χ1v) is 5.87. The zero-order valence-electron chi connectivity index (χ0n) is 10.1. The molecule has 3 heterocycles. The second kappa shape index (κ2) is 4.15. The largest absolute Gasteiger partial charge is 0.379 e. The fourth-order valence-corrected chi connectivity index (χ4v) is 2.08. The lowest BCUT2D eigenvalue weighted by Crippen LogP contribution is -2.28. The van der Waals surface area contributed by atoms with E-state index in [1.165, 1.54) is 0 Å². The normalized spacial score (nSPS) is 23.4. The Kier molecular flexibility index (Phi) is 2.61. The van der Waals surface area contributed by atoms with Crippen LogP contribution in [0.2, 0.25) is 0 Å². The van der Waals surface area contributed by atoms with Gasteiger partial charge in [0.1, 0.15) is 0 Å². The van der Waals surface area contributed by atoms with Crippen LogP contribution in [0.1, 0.15) is 17.9 Å². The lowest BCUT2D eigenvalue weighted by Gasteiger charge is -2.14. The summed E-state index contributed by atoms with van der Waals surface area (Å²) in [6.45, 7) is 3.15. The summed E-state index contributed by atoms with van der Waals surface area (Å²) < 4.78 is 5.18. The predicted molar refractivity (Wildman–Crippen MR) is 63.6 cm³/mol. The Morgan fingerprint density at radius 1 is 1.50 bits per heavy atom. The molecule has 1 saturated heterocycles. The summed E-state index contributed by atoms with van der Waals surface area (Å²) in [6, 6.07) is 1.89. The molecule has 1 aliphatic rings. The Balaban J connectivity index is 1.97. The maximum atomic E-state index is 10.3. The van der Waals surface area contributed by atoms with Crippen molar-refractivity contribution in [3.8, 4) is 11.4 Å². The zero-order valence-corrected chi connectivity index (χ0v) is 10.1. The molecular weight excluding hydrogens is 232 g/mol. The van der Waals surface area contributed by atoms with Gasteiger partial charge in [-0.2, -0.15) is 4.98 Å². The molecule has 2 N–H and O–H groups in total. The van der Waals surface area contributed by atoms with Crippen LogP contribution in [0, 0.1) is 6.92 Å². The van der Waals surface area contributed by atoms with Crippen molar-refractivity contribution in [3.63, 3.8) is 0 Å². The van der Waals surface area contributed by atoms with E-state index >= 15 is 0 Å². The highest BCUT2D eigenvalue weighted by molar-refractivity contribution is 5.57. The molecule has 0 spiro atoms. The summed E-state index contributed by atoms with van der Waals surface area (Å²) in [5, 5.41) is 17.3. The standard InChI is InChI=1S/C12H14N4O2/c1-8-2-4-13-6-9(8)10-15-11(18-16-10)12(17)3-5-14-7-12/h2,4,6,14,17H,3,5,7H2,1H3. The highest BCUT2D eigenvalue weighted by atomic mass is 16.5. The Morgan fingerprint density at radius 3 is 3.11 bits per heavy atom. The third-order valence-corrected chi connectivity index (χ3v) is 3.24. The average molecular weight is 246 g/mol. The van der Waals surface area contributed by atoms with Gasteiger partial charge in [-0.05, 0) is 31.5 Å². The summed E-state index contributed by atoms with van der Waals surface area (Å²) in [6.07, 6.45) is 4.00. The molecule has 1 fully saturated rings. The molecule has 0 amide bonds. The molecule has 1 aliphatic heterocycles. The molecule has 0 saturated carbocycles. The van der Waals surface area contributed by atoms with Crippen LogP contribution in [0.3, 0.4) is 0 Å². The first kappa shape index (κ1) is 11.3. The molecule has 3 rings (SSSR count). The minimum absolute atomic E-state index is 0.269. The molecule has 2 aromatic heterocycles. The van der Waals surface area contributed by atoms with Crippen LogP contribution in [0.5, 0.6) is 0 Å². The third-order valence-electron chi connectivity index (χ3n) is 3.24. The summed E-state index contributed by atoms with van der Waals surface area (Å²) >= 11 is 0. The zero-order chi connectivity index (χ0) is 12.6. The van der Waals surface area contributed by atoms with Crippen molar-refractivity contribution < 1.29 is 9.63 Å². The number of aryl methyl sites for hydroxylation is 1. The Labute approximate surface area is 104 Å². The van der Waals surface area contributed by atoms with E-state index in [9.17, 15) is 5.11 Å². The van der Waals surface area contributed by atoms with Crippen molar-refractivity contribution in [1.82, 2.24) is 20.4 Å². The van der Waals surface area contributed by atoms with Gasteiger partial charge in [0, 0.05) is 24.5 Å². The number of aliphatic hydroxyl groups is 1. The molecule has 18 heavy (non-hydrogen) atoms. The Morgan fingerprint density at radius 2 is 2.39 bits per heavy atom. The summed E-state index contributed by atoms with van der Waals surface area (Å²) in [7, 11) is 0. The van der Waals surface area contributed by atoms with Crippen molar-refractivity contribution in [1.29, 1.82) is 0 Å². The van der Waals surface area contributed by atoms with Gasteiger partial charge in [0.2, 0.25) is 5.82 Å². The molecule has 1 atom stereocenters. The molecule has 6 nitrogen and oxygen atoms in total. The van der Waals surface area contributed by atoms with E-state index in [4.69, 9.17) is 4.52 Å². The van der Waals surface area contributed by atoms with Gasteiger partial charge in [0.05, 0.1) is 0 Å².